The van der Waals surface area contributed by atoms with Crippen LogP contribution in [-0.2, 0) is 0 Å². The van der Waals surface area contributed by atoms with E-state index in [9.17, 15) is 9.59 Å². The van der Waals surface area contributed by atoms with E-state index in [0.29, 0.717) is 16.9 Å². The first kappa shape index (κ1) is 12.2. The number of benzene rings is 1. The summed E-state index contributed by atoms with van der Waals surface area (Å²) in [6, 6.07) is 5.70. The van der Waals surface area contributed by atoms with Crippen LogP contribution in [0.5, 0.6) is 0 Å². The third-order valence-corrected chi connectivity index (χ3v) is 3.78. The highest BCUT2D eigenvalue weighted by atomic mass is 16.1. The number of rotatable bonds is 3. The molecule has 1 saturated carbocycles. The van der Waals surface area contributed by atoms with Crippen molar-refractivity contribution in [3.8, 4) is 0 Å². The van der Waals surface area contributed by atoms with Crippen molar-refractivity contribution in [2.75, 3.05) is 0 Å². The number of carbonyl (C=O) groups is 1. The summed E-state index contributed by atoms with van der Waals surface area (Å²) in [5.74, 6) is 0.411. The number of H-pyrrole nitrogens is 1. The molecule has 98 valence electrons. The molecule has 0 atom stereocenters. The monoisotopic (exact) mass is 255 g/mol. The second-order valence-electron chi connectivity index (χ2n) is 5.59. The van der Waals surface area contributed by atoms with Gasteiger partial charge in [-0.2, -0.15) is 0 Å². The Morgan fingerprint density at radius 2 is 2.05 bits per heavy atom. The molecule has 1 aliphatic carbocycles. The number of nitrogens with one attached hydrogen (secondary N) is 1. The van der Waals surface area contributed by atoms with E-state index >= 15 is 0 Å². The second-order valence-corrected chi connectivity index (χ2v) is 5.59. The van der Waals surface area contributed by atoms with Crippen molar-refractivity contribution in [2.45, 2.75) is 32.6 Å². The van der Waals surface area contributed by atoms with Crippen LogP contribution < -0.4 is 5.43 Å². The molecule has 0 saturated heterocycles. The maximum atomic E-state index is 12.4. The molecule has 0 radical (unpaired) electrons. The van der Waals surface area contributed by atoms with Gasteiger partial charge >= 0.3 is 0 Å². The van der Waals surface area contributed by atoms with E-state index in [2.05, 4.69) is 18.8 Å². The Morgan fingerprint density at radius 1 is 1.32 bits per heavy atom. The van der Waals surface area contributed by atoms with Gasteiger partial charge in [0.05, 0.1) is 11.1 Å². The molecule has 1 N–H and O–H groups in total. The van der Waals surface area contributed by atoms with Crippen molar-refractivity contribution in [3.05, 3.63) is 45.7 Å². The Morgan fingerprint density at radius 3 is 2.68 bits per heavy atom. The normalized spacial score (nSPS) is 15.1. The number of fused-ring (bicyclic) bond motifs is 1. The van der Waals surface area contributed by atoms with Crippen LogP contribution in [0.3, 0.4) is 0 Å². The topological polar surface area (TPSA) is 49.9 Å². The zero-order valence-corrected chi connectivity index (χ0v) is 11.2. The predicted octanol–water partition coefficient (Wildman–Crippen LogP) is 3.24. The number of carbonyl (C=O) groups excluding carboxylic acids is 1. The molecule has 0 amide bonds. The molecule has 1 aliphatic rings. The summed E-state index contributed by atoms with van der Waals surface area (Å²) < 4.78 is 0. The summed E-state index contributed by atoms with van der Waals surface area (Å²) >= 11 is 0. The Bertz CT molecular complexity index is 708. The summed E-state index contributed by atoms with van der Waals surface area (Å²) in [5, 5.41) is 0.623. The summed E-state index contributed by atoms with van der Waals surface area (Å²) in [4.78, 5) is 27.7. The molecule has 2 aromatic rings. The van der Waals surface area contributed by atoms with Gasteiger partial charge in [0.2, 0.25) is 0 Å². The van der Waals surface area contributed by atoms with Crippen LogP contribution in [0.2, 0.25) is 0 Å². The first-order valence-corrected chi connectivity index (χ1v) is 6.78. The molecular weight excluding hydrogens is 238 g/mol. The zero-order chi connectivity index (χ0) is 13.6. The van der Waals surface area contributed by atoms with Crippen LogP contribution in [0, 0.1) is 5.92 Å². The molecule has 0 unspecified atom stereocenters. The fraction of sp³-hybridized carbons (Fsp3) is 0.375. The van der Waals surface area contributed by atoms with E-state index in [1.165, 1.54) is 0 Å². The molecule has 0 aliphatic heterocycles. The van der Waals surface area contributed by atoms with Gasteiger partial charge in [-0.25, -0.2) is 0 Å². The number of Topliss-reactive ketones (excluding diaryl/α,β-unsaturated/α-hetero) is 1. The minimum Gasteiger partial charge on any atom is -0.360 e. The summed E-state index contributed by atoms with van der Waals surface area (Å²) in [5.41, 5.74) is 2.15. The number of aromatic amines is 1. The average Bonchev–Trinajstić information content (AvgIpc) is 3.22. The van der Waals surface area contributed by atoms with Gasteiger partial charge in [0.15, 0.2) is 11.2 Å². The Hall–Kier alpha value is -1.90. The van der Waals surface area contributed by atoms with Crippen molar-refractivity contribution in [3.63, 3.8) is 0 Å². The van der Waals surface area contributed by atoms with Crippen molar-refractivity contribution in [1.29, 1.82) is 0 Å². The highest BCUT2D eigenvalue weighted by Crippen LogP contribution is 2.32. The molecule has 3 rings (SSSR count). The third-order valence-electron chi connectivity index (χ3n) is 3.78. The Kier molecular flexibility index (Phi) is 2.77. The van der Waals surface area contributed by atoms with Gasteiger partial charge in [-0.3, -0.25) is 9.59 Å². The van der Waals surface area contributed by atoms with Crippen molar-refractivity contribution < 1.29 is 4.79 Å². The van der Waals surface area contributed by atoms with Crippen LogP contribution >= 0.6 is 0 Å². The van der Waals surface area contributed by atoms with Crippen molar-refractivity contribution in [1.82, 2.24) is 4.98 Å². The second kappa shape index (κ2) is 4.34. The van der Waals surface area contributed by atoms with Gasteiger partial charge in [0, 0.05) is 17.5 Å². The average molecular weight is 255 g/mol. The standard InChI is InChI=1S/C16H17NO2/c1-9(2)11-4-3-5-12-14(11)17-8-13(16(12)19)15(18)10-6-7-10/h3-5,8-10H,6-7H2,1-2H3,(H,17,19). The predicted molar refractivity (Wildman–Crippen MR) is 75.7 cm³/mol. The lowest BCUT2D eigenvalue weighted by Gasteiger charge is -2.10. The van der Waals surface area contributed by atoms with Crippen molar-refractivity contribution >= 4 is 16.7 Å². The molecular formula is C16H17NO2. The van der Waals surface area contributed by atoms with Gasteiger partial charge < -0.3 is 4.98 Å². The summed E-state index contributed by atoms with van der Waals surface area (Å²) in [6.45, 7) is 4.19. The van der Waals surface area contributed by atoms with E-state index in [1.54, 1.807) is 12.3 Å². The molecule has 1 fully saturated rings. The van der Waals surface area contributed by atoms with Crippen LogP contribution in [-0.4, -0.2) is 10.8 Å². The highest BCUT2D eigenvalue weighted by molar-refractivity contribution is 6.01. The molecule has 0 bridgehead atoms. The first-order valence-electron chi connectivity index (χ1n) is 6.78. The summed E-state index contributed by atoms with van der Waals surface area (Å²) in [6.07, 6.45) is 3.43. The van der Waals surface area contributed by atoms with E-state index in [0.717, 1.165) is 23.9 Å². The lowest BCUT2D eigenvalue weighted by molar-refractivity contribution is 0.0966. The van der Waals surface area contributed by atoms with Crippen LogP contribution in [0.4, 0.5) is 0 Å². The number of ketones is 1. The fourth-order valence-electron chi connectivity index (χ4n) is 2.51. The number of hydrogen-bond donors (Lipinski definition) is 1. The number of hydrogen-bond acceptors (Lipinski definition) is 2. The maximum Gasteiger partial charge on any atom is 0.200 e. The SMILES string of the molecule is CC(C)c1cccc2c(=O)c(C(=O)C3CC3)c[nH]c12. The minimum absolute atomic E-state index is 0.00176. The Balaban J connectivity index is 2.23. The van der Waals surface area contributed by atoms with Gasteiger partial charge in [0.25, 0.3) is 0 Å². The molecule has 0 spiro atoms. The molecule has 1 aromatic carbocycles. The van der Waals surface area contributed by atoms with Gasteiger partial charge in [-0.1, -0.05) is 26.0 Å². The van der Waals surface area contributed by atoms with Crippen molar-refractivity contribution in [2.24, 2.45) is 5.92 Å². The fourth-order valence-corrected chi connectivity index (χ4v) is 2.51. The van der Waals surface area contributed by atoms with E-state index in [1.807, 2.05) is 12.1 Å². The van der Waals surface area contributed by atoms with Gasteiger partial charge in [-0.15, -0.1) is 0 Å². The molecule has 1 aromatic heterocycles. The molecule has 3 nitrogen and oxygen atoms in total. The lowest BCUT2D eigenvalue weighted by Crippen LogP contribution is -2.17. The maximum absolute atomic E-state index is 12.4. The Labute approximate surface area is 111 Å². The van der Waals surface area contributed by atoms with Gasteiger partial charge in [0.1, 0.15) is 0 Å². The smallest absolute Gasteiger partial charge is 0.200 e. The summed E-state index contributed by atoms with van der Waals surface area (Å²) in [7, 11) is 0. The lowest BCUT2D eigenvalue weighted by atomic mass is 9.98. The minimum atomic E-state index is -0.131. The van der Waals surface area contributed by atoms with Crippen LogP contribution in [0.25, 0.3) is 10.9 Å². The molecule has 3 heteroatoms. The molecule has 19 heavy (non-hydrogen) atoms. The van der Waals surface area contributed by atoms with Gasteiger partial charge in [-0.05, 0) is 30.4 Å². The number of para-hydroxylation sites is 1. The third kappa shape index (κ3) is 1.99. The quantitative estimate of drug-likeness (QED) is 0.856. The number of pyridine rings is 1. The van der Waals surface area contributed by atoms with E-state index < -0.39 is 0 Å². The zero-order valence-electron chi connectivity index (χ0n) is 11.2. The number of aromatic nitrogens is 1. The largest absolute Gasteiger partial charge is 0.360 e. The highest BCUT2D eigenvalue weighted by Gasteiger charge is 2.32. The van der Waals surface area contributed by atoms with Crippen LogP contribution in [0.1, 0.15) is 48.5 Å². The van der Waals surface area contributed by atoms with E-state index in [-0.39, 0.29) is 17.1 Å². The van der Waals surface area contributed by atoms with E-state index in [4.69, 9.17) is 0 Å². The van der Waals surface area contributed by atoms with Crippen LogP contribution in [0.15, 0.2) is 29.2 Å². The molecule has 1 heterocycles. The first-order chi connectivity index (χ1) is 9.09.